The Morgan fingerprint density at radius 1 is 1.00 bits per heavy atom. The van der Waals surface area contributed by atoms with Crippen molar-refractivity contribution in [3.8, 4) is 0 Å². The lowest BCUT2D eigenvalue weighted by Crippen LogP contribution is -2.54. The Balaban J connectivity index is 2.14. The lowest BCUT2D eigenvalue weighted by atomic mass is 9.51. The molecule has 2 N–H and O–H groups in total. The third-order valence-electron chi connectivity index (χ3n) is 5.11. The van der Waals surface area contributed by atoms with Crippen molar-refractivity contribution >= 4 is 43.7 Å². The molecule has 0 aromatic carbocycles. The highest BCUT2D eigenvalue weighted by Crippen LogP contribution is 2.65. The van der Waals surface area contributed by atoms with Crippen molar-refractivity contribution in [3.05, 3.63) is 0 Å². The van der Waals surface area contributed by atoms with Crippen LogP contribution in [0.3, 0.4) is 0 Å². The molecule has 2 amide bonds. The van der Waals surface area contributed by atoms with Crippen LogP contribution in [-0.4, -0.2) is 26.5 Å². The molecule has 0 aromatic rings. The quantitative estimate of drug-likeness (QED) is 0.303. The summed E-state index contributed by atoms with van der Waals surface area (Å²) < 4.78 is 0. The van der Waals surface area contributed by atoms with Crippen molar-refractivity contribution in [1.82, 2.24) is 5.01 Å². The molecule has 0 bridgehead atoms. The Morgan fingerprint density at radius 2 is 1.39 bits per heavy atom. The van der Waals surface area contributed by atoms with Crippen LogP contribution in [-0.2, 0) is 9.59 Å². The largest absolute Gasteiger partial charge is 0.272 e. The van der Waals surface area contributed by atoms with Crippen LogP contribution in [0.25, 0.3) is 0 Å². The van der Waals surface area contributed by atoms with E-state index >= 15 is 0 Å². The van der Waals surface area contributed by atoms with Gasteiger partial charge in [-0.15, -0.1) is 0 Å². The minimum Gasteiger partial charge on any atom is -0.272 e. The first-order valence-corrected chi connectivity index (χ1v) is 8.20. The lowest BCUT2D eigenvalue weighted by molar-refractivity contribution is -0.143. The van der Waals surface area contributed by atoms with E-state index < -0.39 is 10.8 Å². The molecular weight excluding hydrogens is 364 g/mol. The van der Waals surface area contributed by atoms with Crippen molar-refractivity contribution in [3.63, 3.8) is 0 Å². The number of alkyl halides is 2. The summed E-state index contributed by atoms with van der Waals surface area (Å²) in [6, 6.07) is 0. The summed E-state index contributed by atoms with van der Waals surface area (Å²) in [4.78, 5) is 25.5. The van der Waals surface area contributed by atoms with E-state index in [0.717, 1.165) is 30.7 Å². The van der Waals surface area contributed by atoms with E-state index in [0.29, 0.717) is 12.8 Å². The second kappa shape index (κ2) is 4.03. The van der Waals surface area contributed by atoms with Gasteiger partial charge in [-0.1, -0.05) is 44.7 Å². The predicted octanol–water partition coefficient (Wildman–Crippen LogP) is 2.10. The van der Waals surface area contributed by atoms with E-state index in [9.17, 15) is 9.59 Å². The number of hydrogen-bond donors (Lipinski definition) is 1. The Morgan fingerprint density at radius 3 is 1.78 bits per heavy atom. The van der Waals surface area contributed by atoms with Gasteiger partial charge in [0.2, 0.25) is 0 Å². The summed E-state index contributed by atoms with van der Waals surface area (Å²) in [5, 5.41) is 0.899. The van der Waals surface area contributed by atoms with Gasteiger partial charge in [-0.3, -0.25) is 9.59 Å². The molecule has 0 unspecified atom stereocenters. The smallest absolute Gasteiger partial charge is 0.250 e. The van der Waals surface area contributed by atoms with Crippen LogP contribution < -0.4 is 5.84 Å². The summed E-state index contributed by atoms with van der Waals surface area (Å²) in [6.45, 7) is 0. The van der Waals surface area contributed by atoms with E-state index in [-0.39, 0.29) is 21.5 Å². The van der Waals surface area contributed by atoms with Crippen LogP contribution in [0.5, 0.6) is 0 Å². The van der Waals surface area contributed by atoms with Crippen LogP contribution in [0.2, 0.25) is 0 Å². The molecule has 0 radical (unpaired) electrons. The monoisotopic (exact) mass is 378 g/mol. The second-order valence-electron chi connectivity index (χ2n) is 5.79. The first-order chi connectivity index (χ1) is 8.44. The van der Waals surface area contributed by atoms with Gasteiger partial charge in [-0.25, -0.2) is 10.9 Å². The SMILES string of the molecule is NN1C(=O)[C@@]23CCCC[C@@]2(C[C@H](Br)[C@@H](Br)C3)C1=O. The highest BCUT2D eigenvalue weighted by atomic mass is 79.9. The van der Waals surface area contributed by atoms with E-state index in [2.05, 4.69) is 31.9 Å². The number of hydrazine groups is 1. The number of rotatable bonds is 0. The summed E-state index contributed by atoms with van der Waals surface area (Å²) in [6.07, 6.45) is 5.05. The van der Waals surface area contributed by atoms with Crippen molar-refractivity contribution in [2.45, 2.75) is 48.2 Å². The number of halogens is 2. The maximum Gasteiger partial charge on any atom is 0.250 e. The zero-order valence-electron chi connectivity index (χ0n) is 9.99. The van der Waals surface area contributed by atoms with Gasteiger partial charge >= 0.3 is 0 Å². The molecule has 2 saturated carbocycles. The summed E-state index contributed by atoms with van der Waals surface area (Å²) in [5.74, 6) is 5.41. The molecule has 1 aliphatic heterocycles. The summed E-state index contributed by atoms with van der Waals surface area (Å²) >= 11 is 7.28. The lowest BCUT2D eigenvalue weighted by Gasteiger charge is -2.51. The Kier molecular flexibility index (Phi) is 2.92. The van der Waals surface area contributed by atoms with Crippen LogP contribution in [0.4, 0.5) is 0 Å². The number of carbonyl (C=O) groups excluding carboxylic acids is 2. The minimum absolute atomic E-state index is 0.156. The normalized spacial score (nSPS) is 48.1. The number of nitrogens with two attached hydrogens (primary N) is 1. The molecule has 1 saturated heterocycles. The molecule has 1 heterocycles. The topological polar surface area (TPSA) is 63.4 Å². The number of carbonyl (C=O) groups is 2. The molecule has 18 heavy (non-hydrogen) atoms. The molecule has 2 aliphatic carbocycles. The molecule has 4 atom stereocenters. The van der Waals surface area contributed by atoms with Gasteiger partial charge in [0.25, 0.3) is 11.8 Å². The number of nitrogens with zero attached hydrogens (tertiary/aromatic N) is 1. The van der Waals surface area contributed by atoms with Gasteiger partial charge in [0.1, 0.15) is 0 Å². The Hall–Kier alpha value is 0.0600. The van der Waals surface area contributed by atoms with Gasteiger partial charge in [-0.05, 0) is 25.7 Å². The Labute approximate surface area is 123 Å². The fourth-order valence-electron chi connectivity index (χ4n) is 4.20. The van der Waals surface area contributed by atoms with Crippen LogP contribution in [0.15, 0.2) is 0 Å². The zero-order chi connectivity index (χ0) is 13.1. The van der Waals surface area contributed by atoms with Crippen LogP contribution in [0.1, 0.15) is 38.5 Å². The van der Waals surface area contributed by atoms with Crippen molar-refractivity contribution in [1.29, 1.82) is 0 Å². The second-order valence-corrected chi connectivity index (χ2v) is 8.14. The minimum atomic E-state index is -0.546. The van der Waals surface area contributed by atoms with E-state index in [1.54, 1.807) is 0 Å². The average Bonchev–Trinajstić information content (AvgIpc) is 2.51. The highest BCUT2D eigenvalue weighted by molar-refractivity contribution is 9.12. The molecule has 0 spiro atoms. The van der Waals surface area contributed by atoms with Crippen molar-refractivity contribution < 1.29 is 9.59 Å². The molecule has 6 heteroatoms. The van der Waals surface area contributed by atoms with Gasteiger partial charge in [0.15, 0.2) is 0 Å². The number of hydrogen-bond acceptors (Lipinski definition) is 3. The molecule has 3 fully saturated rings. The molecule has 3 aliphatic rings. The molecule has 100 valence electrons. The van der Waals surface area contributed by atoms with Crippen LogP contribution >= 0.6 is 31.9 Å². The fourth-order valence-corrected chi connectivity index (χ4v) is 5.68. The predicted molar refractivity (Wildman–Crippen MR) is 74.0 cm³/mol. The van der Waals surface area contributed by atoms with Crippen molar-refractivity contribution in [2.24, 2.45) is 16.7 Å². The fraction of sp³-hybridized carbons (Fsp3) is 0.833. The van der Waals surface area contributed by atoms with Crippen molar-refractivity contribution in [2.75, 3.05) is 0 Å². The van der Waals surface area contributed by atoms with Gasteiger partial charge in [0.05, 0.1) is 10.8 Å². The van der Waals surface area contributed by atoms with Gasteiger partial charge < -0.3 is 0 Å². The van der Waals surface area contributed by atoms with Crippen LogP contribution in [0, 0.1) is 10.8 Å². The summed E-state index contributed by atoms with van der Waals surface area (Å²) in [7, 11) is 0. The van der Waals surface area contributed by atoms with E-state index in [1.807, 2.05) is 0 Å². The first-order valence-electron chi connectivity index (χ1n) is 6.36. The zero-order valence-corrected chi connectivity index (χ0v) is 13.2. The highest BCUT2D eigenvalue weighted by Gasteiger charge is 2.71. The average molecular weight is 380 g/mol. The number of imide groups is 1. The molecule has 4 nitrogen and oxygen atoms in total. The maximum atomic E-state index is 12.5. The Bertz CT molecular complexity index is 392. The molecule has 0 aromatic heterocycles. The first kappa shape index (κ1) is 13.1. The van der Waals surface area contributed by atoms with Gasteiger partial charge in [-0.2, -0.15) is 0 Å². The third kappa shape index (κ3) is 1.34. The molecular formula is C12H16Br2N2O2. The molecule has 3 rings (SSSR count). The summed E-state index contributed by atoms with van der Waals surface area (Å²) in [5.41, 5.74) is -1.09. The maximum absolute atomic E-state index is 12.5. The van der Waals surface area contributed by atoms with E-state index in [4.69, 9.17) is 5.84 Å². The van der Waals surface area contributed by atoms with E-state index in [1.165, 1.54) is 0 Å². The number of amides is 2. The van der Waals surface area contributed by atoms with Gasteiger partial charge in [0, 0.05) is 9.65 Å². The third-order valence-corrected chi connectivity index (χ3v) is 7.74. The standard InChI is InChI=1S/C12H16Br2N2O2/c13-7-5-11-3-1-2-4-12(11,6-8(7)14)10(18)16(15)9(11)17/h7-8H,1-6,15H2/t7-,8-,11-,12+/m0/s1.